The number of hydrogen-bond donors (Lipinski definition) is 1. The highest BCUT2D eigenvalue weighted by Gasteiger charge is 2.30. The minimum absolute atomic E-state index is 0.0646. The Morgan fingerprint density at radius 1 is 1.38 bits per heavy atom. The molecule has 1 aromatic rings. The van der Waals surface area contributed by atoms with Crippen molar-refractivity contribution in [1.29, 1.82) is 0 Å². The number of hydrogen-bond acceptors (Lipinski definition) is 4. The molecule has 0 bridgehead atoms. The van der Waals surface area contributed by atoms with Gasteiger partial charge in [0.1, 0.15) is 15.6 Å². The summed E-state index contributed by atoms with van der Waals surface area (Å²) in [7, 11) is -3.00. The average Bonchev–Trinajstić information content (AvgIpc) is 2.37. The Morgan fingerprint density at radius 3 is 2.71 bits per heavy atom. The Hall–Kier alpha value is -0.590. The molecule has 6 heteroatoms. The molecule has 1 saturated carbocycles. The summed E-state index contributed by atoms with van der Waals surface area (Å²) in [4.78, 5) is 0. The van der Waals surface area contributed by atoms with Crippen molar-refractivity contribution < 1.29 is 13.2 Å². The molecule has 0 heterocycles. The van der Waals surface area contributed by atoms with E-state index in [1.54, 1.807) is 0 Å². The van der Waals surface area contributed by atoms with Gasteiger partial charge in [-0.1, -0.05) is 22.0 Å². The van der Waals surface area contributed by atoms with Gasteiger partial charge in [0.25, 0.3) is 0 Å². The molecule has 4 nitrogen and oxygen atoms in total. The molecule has 0 spiro atoms. The zero-order valence-corrected chi connectivity index (χ0v) is 14.8. The second kappa shape index (κ2) is 6.67. The second-order valence-corrected chi connectivity index (χ2v) is 9.07. The smallest absolute Gasteiger partial charge is 0.150 e. The van der Waals surface area contributed by atoms with Crippen molar-refractivity contribution in [2.24, 2.45) is 5.73 Å². The van der Waals surface area contributed by atoms with E-state index in [0.29, 0.717) is 6.42 Å². The number of rotatable bonds is 4. The third-order valence-corrected chi connectivity index (χ3v) is 6.08. The van der Waals surface area contributed by atoms with E-state index in [1.807, 2.05) is 25.1 Å². The molecule has 1 fully saturated rings. The van der Waals surface area contributed by atoms with E-state index in [0.717, 1.165) is 35.0 Å². The fourth-order valence-electron chi connectivity index (χ4n) is 2.76. The highest BCUT2D eigenvalue weighted by Crippen LogP contribution is 2.32. The van der Waals surface area contributed by atoms with Crippen LogP contribution in [0.4, 0.5) is 0 Å². The van der Waals surface area contributed by atoms with Crippen molar-refractivity contribution in [3.05, 3.63) is 28.2 Å². The molecule has 1 aromatic carbocycles. The number of nitrogens with two attached hydrogens (primary N) is 1. The molecule has 21 heavy (non-hydrogen) atoms. The molecule has 2 rings (SSSR count). The number of benzene rings is 1. The first-order chi connectivity index (χ1) is 9.77. The van der Waals surface area contributed by atoms with Gasteiger partial charge in [-0.15, -0.1) is 0 Å². The minimum Gasteiger partial charge on any atom is -0.490 e. The third-order valence-electron chi connectivity index (χ3n) is 3.94. The summed E-state index contributed by atoms with van der Waals surface area (Å²) in [6.07, 6.45) is 4.30. The average molecular weight is 376 g/mol. The summed E-state index contributed by atoms with van der Waals surface area (Å²) in [6.45, 7) is 1.91. The van der Waals surface area contributed by atoms with Gasteiger partial charge < -0.3 is 10.5 Å². The quantitative estimate of drug-likeness (QED) is 0.876. The van der Waals surface area contributed by atoms with Crippen LogP contribution >= 0.6 is 15.9 Å². The Balaban J connectivity index is 2.16. The molecule has 0 aromatic heterocycles. The zero-order chi connectivity index (χ0) is 15.6. The SMILES string of the molecule is C[C@H](N)c1ccc(Br)cc1OC1CCCC(S(C)(=O)=O)C1. The van der Waals surface area contributed by atoms with Gasteiger partial charge in [0.2, 0.25) is 0 Å². The molecule has 0 radical (unpaired) electrons. The Labute approximate surface area is 135 Å². The van der Waals surface area contributed by atoms with Crippen LogP contribution in [-0.4, -0.2) is 26.0 Å². The first kappa shape index (κ1) is 16.8. The van der Waals surface area contributed by atoms with Crippen LogP contribution < -0.4 is 10.5 Å². The van der Waals surface area contributed by atoms with Gasteiger partial charge in [-0.25, -0.2) is 8.42 Å². The monoisotopic (exact) mass is 375 g/mol. The largest absolute Gasteiger partial charge is 0.490 e. The molecule has 3 atom stereocenters. The predicted octanol–water partition coefficient (Wildman–Crippen LogP) is 3.20. The van der Waals surface area contributed by atoms with Crippen LogP contribution in [0.2, 0.25) is 0 Å². The molecular weight excluding hydrogens is 354 g/mol. The number of ether oxygens (including phenoxy) is 1. The van der Waals surface area contributed by atoms with Gasteiger partial charge in [-0.3, -0.25) is 0 Å². The van der Waals surface area contributed by atoms with Crippen molar-refractivity contribution in [1.82, 2.24) is 0 Å². The summed E-state index contributed by atoms with van der Waals surface area (Å²) in [5, 5.41) is -0.290. The molecule has 1 aliphatic rings. The lowest BCUT2D eigenvalue weighted by atomic mass is 9.97. The zero-order valence-electron chi connectivity index (χ0n) is 12.4. The van der Waals surface area contributed by atoms with Crippen molar-refractivity contribution in [3.8, 4) is 5.75 Å². The summed E-state index contributed by atoms with van der Waals surface area (Å²) < 4.78 is 30.5. The van der Waals surface area contributed by atoms with E-state index in [-0.39, 0.29) is 17.4 Å². The van der Waals surface area contributed by atoms with Crippen LogP contribution in [0.25, 0.3) is 0 Å². The molecule has 0 saturated heterocycles. The maximum absolute atomic E-state index is 11.7. The van der Waals surface area contributed by atoms with E-state index in [4.69, 9.17) is 10.5 Å². The maximum atomic E-state index is 11.7. The minimum atomic E-state index is -3.00. The fourth-order valence-corrected chi connectivity index (χ4v) is 4.26. The van der Waals surface area contributed by atoms with Crippen LogP contribution in [-0.2, 0) is 9.84 Å². The summed E-state index contributed by atoms with van der Waals surface area (Å²) in [5.74, 6) is 0.749. The molecule has 118 valence electrons. The van der Waals surface area contributed by atoms with Crippen LogP contribution in [0.15, 0.2) is 22.7 Å². The van der Waals surface area contributed by atoms with Crippen molar-refractivity contribution in [2.45, 2.75) is 50.0 Å². The van der Waals surface area contributed by atoms with E-state index in [2.05, 4.69) is 15.9 Å². The van der Waals surface area contributed by atoms with Crippen molar-refractivity contribution in [2.75, 3.05) is 6.26 Å². The highest BCUT2D eigenvalue weighted by atomic mass is 79.9. The summed E-state index contributed by atoms with van der Waals surface area (Å²) >= 11 is 3.44. The molecule has 2 N–H and O–H groups in total. The second-order valence-electron chi connectivity index (χ2n) is 5.83. The van der Waals surface area contributed by atoms with Gasteiger partial charge in [0.15, 0.2) is 0 Å². The van der Waals surface area contributed by atoms with E-state index in [9.17, 15) is 8.42 Å². The molecule has 0 amide bonds. The number of halogens is 1. The maximum Gasteiger partial charge on any atom is 0.150 e. The Kier molecular flexibility index (Phi) is 5.33. The normalized spacial score (nSPS) is 24.6. The predicted molar refractivity (Wildman–Crippen MR) is 88.3 cm³/mol. The topological polar surface area (TPSA) is 69.4 Å². The van der Waals surface area contributed by atoms with Gasteiger partial charge in [0.05, 0.1) is 11.4 Å². The third kappa shape index (κ3) is 4.44. The highest BCUT2D eigenvalue weighted by molar-refractivity contribution is 9.10. The molecular formula is C15H22BrNO3S. The van der Waals surface area contributed by atoms with Crippen LogP contribution in [0, 0.1) is 0 Å². The lowest BCUT2D eigenvalue weighted by molar-refractivity contribution is 0.154. The standard InChI is InChI=1S/C15H22BrNO3S/c1-10(17)14-7-6-11(16)8-15(14)20-12-4-3-5-13(9-12)21(2,18)19/h6-8,10,12-13H,3-5,9,17H2,1-2H3/t10-,12?,13?/m0/s1. The fraction of sp³-hybridized carbons (Fsp3) is 0.600. The lowest BCUT2D eigenvalue weighted by Gasteiger charge is -2.29. The van der Waals surface area contributed by atoms with E-state index >= 15 is 0 Å². The van der Waals surface area contributed by atoms with E-state index < -0.39 is 9.84 Å². The van der Waals surface area contributed by atoms with Gasteiger partial charge >= 0.3 is 0 Å². The first-order valence-corrected chi connectivity index (χ1v) is 9.92. The Morgan fingerprint density at radius 2 is 2.10 bits per heavy atom. The van der Waals surface area contributed by atoms with Gasteiger partial charge in [0, 0.05) is 28.8 Å². The van der Waals surface area contributed by atoms with Crippen molar-refractivity contribution in [3.63, 3.8) is 0 Å². The number of sulfone groups is 1. The van der Waals surface area contributed by atoms with Gasteiger partial charge in [-0.2, -0.15) is 0 Å². The van der Waals surface area contributed by atoms with Crippen LogP contribution in [0.3, 0.4) is 0 Å². The Bertz CT molecular complexity index is 601. The van der Waals surface area contributed by atoms with E-state index in [1.165, 1.54) is 6.26 Å². The van der Waals surface area contributed by atoms with Crippen LogP contribution in [0.1, 0.15) is 44.2 Å². The molecule has 2 unspecified atom stereocenters. The molecule has 0 aliphatic heterocycles. The molecule has 1 aliphatic carbocycles. The van der Waals surface area contributed by atoms with Crippen LogP contribution in [0.5, 0.6) is 5.75 Å². The summed E-state index contributed by atoms with van der Waals surface area (Å²) in [6, 6.07) is 5.66. The van der Waals surface area contributed by atoms with Crippen molar-refractivity contribution >= 4 is 25.8 Å². The lowest BCUT2D eigenvalue weighted by Crippen LogP contribution is -2.33. The first-order valence-electron chi connectivity index (χ1n) is 7.18. The van der Waals surface area contributed by atoms with Gasteiger partial charge in [-0.05, 0) is 38.3 Å². The summed E-state index contributed by atoms with van der Waals surface area (Å²) in [5.41, 5.74) is 6.92.